The van der Waals surface area contributed by atoms with Gasteiger partial charge < -0.3 is 10.2 Å². The molecular weight excluding hydrogens is 336 g/mol. The van der Waals surface area contributed by atoms with Crippen LogP contribution < -0.4 is 5.32 Å². The fourth-order valence-corrected chi connectivity index (χ4v) is 3.86. The van der Waals surface area contributed by atoms with Crippen molar-refractivity contribution in [2.24, 2.45) is 11.8 Å². The van der Waals surface area contributed by atoms with E-state index in [0.29, 0.717) is 28.7 Å². The van der Waals surface area contributed by atoms with Crippen LogP contribution in [0.2, 0.25) is 0 Å². The van der Waals surface area contributed by atoms with Crippen LogP contribution in [0.15, 0.2) is 48.5 Å². The number of hydrogen-bond donors (Lipinski definition) is 1. The van der Waals surface area contributed by atoms with E-state index >= 15 is 0 Å². The van der Waals surface area contributed by atoms with Gasteiger partial charge in [0.05, 0.1) is 11.3 Å². The molecule has 0 aromatic heterocycles. The number of nitrogens with one attached hydrogen (secondary N) is 1. The van der Waals surface area contributed by atoms with Crippen molar-refractivity contribution in [3.63, 3.8) is 0 Å². The van der Waals surface area contributed by atoms with Gasteiger partial charge in [-0.25, -0.2) is 0 Å². The van der Waals surface area contributed by atoms with Crippen LogP contribution in [0.5, 0.6) is 0 Å². The second-order valence-corrected chi connectivity index (χ2v) is 7.71. The summed E-state index contributed by atoms with van der Waals surface area (Å²) in [5.74, 6) is 0.789. The Morgan fingerprint density at radius 3 is 2.26 bits per heavy atom. The lowest BCUT2D eigenvalue weighted by Crippen LogP contribution is -2.42. The minimum Gasteiger partial charge on any atom is -0.338 e. The average Bonchev–Trinajstić information content (AvgIpc) is 2.67. The molecule has 4 nitrogen and oxygen atoms in total. The summed E-state index contributed by atoms with van der Waals surface area (Å²) in [6.07, 6.45) is 2.09. The summed E-state index contributed by atoms with van der Waals surface area (Å²) in [4.78, 5) is 27.6. The molecule has 4 heteroatoms. The van der Waals surface area contributed by atoms with Crippen LogP contribution in [-0.4, -0.2) is 29.8 Å². The molecular formula is C23H28N2O2. The highest BCUT2D eigenvalue weighted by molar-refractivity contribution is 6.09. The van der Waals surface area contributed by atoms with E-state index in [0.717, 1.165) is 25.9 Å². The van der Waals surface area contributed by atoms with Crippen molar-refractivity contribution in [3.8, 4) is 0 Å². The average molecular weight is 364 g/mol. The van der Waals surface area contributed by atoms with Gasteiger partial charge in [0.15, 0.2) is 0 Å². The molecule has 1 heterocycles. The third kappa shape index (κ3) is 4.57. The number of rotatable bonds is 4. The molecule has 27 heavy (non-hydrogen) atoms. The number of nitrogens with zero attached hydrogens (tertiary/aromatic N) is 1. The largest absolute Gasteiger partial charge is 0.338 e. The summed E-state index contributed by atoms with van der Waals surface area (Å²) in [6.45, 7) is 7.99. The van der Waals surface area contributed by atoms with Crippen molar-refractivity contribution >= 4 is 17.5 Å². The molecule has 1 saturated heterocycles. The summed E-state index contributed by atoms with van der Waals surface area (Å²) >= 11 is 0. The van der Waals surface area contributed by atoms with Gasteiger partial charge in [0.25, 0.3) is 11.8 Å². The predicted molar refractivity (Wildman–Crippen MR) is 109 cm³/mol. The zero-order valence-electron chi connectivity index (χ0n) is 16.4. The first-order valence-electron chi connectivity index (χ1n) is 9.76. The number of anilines is 1. The van der Waals surface area contributed by atoms with Crippen LogP contribution in [-0.2, 0) is 6.42 Å². The van der Waals surface area contributed by atoms with Gasteiger partial charge in [-0.1, -0.05) is 45.0 Å². The van der Waals surface area contributed by atoms with Crippen LogP contribution in [0, 0.1) is 11.8 Å². The fraction of sp³-hybridized carbons (Fsp3) is 0.391. The molecule has 1 aliphatic heterocycles. The van der Waals surface area contributed by atoms with Gasteiger partial charge in [-0.05, 0) is 54.5 Å². The van der Waals surface area contributed by atoms with Crippen LogP contribution in [0.3, 0.4) is 0 Å². The molecule has 0 spiro atoms. The summed E-state index contributed by atoms with van der Waals surface area (Å²) < 4.78 is 0. The maximum atomic E-state index is 13.1. The highest BCUT2D eigenvalue weighted by Crippen LogP contribution is 2.25. The number of amides is 2. The lowest BCUT2D eigenvalue weighted by atomic mass is 9.91. The molecule has 3 rings (SSSR count). The fourth-order valence-electron chi connectivity index (χ4n) is 3.86. The van der Waals surface area contributed by atoms with Crippen LogP contribution in [0.1, 0.15) is 53.5 Å². The number of aryl methyl sites for hydroxylation is 1. The Kier molecular flexibility index (Phi) is 5.94. The molecule has 2 aromatic carbocycles. The minimum atomic E-state index is -0.196. The molecule has 142 valence electrons. The molecule has 0 saturated carbocycles. The molecule has 2 atom stereocenters. The lowest BCUT2D eigenvalue weighted by Gasteiger charge is -2.35. The predicted octanol–water partition coefficient (Wildman–Crippen LogP) is 4.62. The maximum absolute atomic E-state index is 13.1. The standard InChI is InChI=1S/C23H28N2O2/c1-4-18-9-11-19(12-10-18)22(26)24-21-8-6-5-7-20(21)23(27)25-14-16(2)13-17(3)15-25/h5-12,16-17H,4,13-15H2,1-3H3,(H,24,26). The van der Waals surface area contributed by atoms with E-state index in [9.17, 15) is 9.59 Å². The number of carbonyl (C=O) groups is 2. The molecule has 2 unspecified atom stereocenters. The third-order valence-corrected chi connectivity index (χ3v) is 5.19. The smallest absolute Gasteiger partial charge is 0.255 e. The summed E-state index contributed by atoms with van der Waals surface area (Å²) in [6, 6.07) is 14.8. The molecule has 0 aliphatic carbocycles. The molecule has 1 fully saturated rings. The molecule has 2 aromatic rings. The first-order valence-corrected chi connectivity index (χ1v) is 9.76. The quantitative estimate of drug-likeness (QED) is 0.860. The Bertz CT molecular complexity index is 803. The van der Waals surface area contributed by atoms with E-state index in [1.165, 1.54) is 5.56 Å². The van der Waals surface area contributed by atoms with Gasteiger partial charge in [-0.15, -0.1) is 0 Å². The number of benzene rings is 2. The SMILES string of the molecule is CCc1ccc(C(=O)Nc2ccccc2C(=O)N2CC(C)CC(C)C2)cc1. The highest BCUT2D eigenvalue weighted by atomic mass is 16.2. The zero-order valence-corrected chi connectivity index (χ0v) is 16.4. The maximum Gasteiger partial charge on any atom is 0.255 e. The Morgan fingerprint density at radius 1 is 1.00 bits per heavy atom. The van der Waals surface area contributed by atoms with Crippen molar-refractivity contribution in [1.29, 1.82) is 0 Å². The normalized spacial score (nSPS) is 19.6. The highest BCUT2D eigenvalue weighted by Gasteiger charge is 2.27. The summed E-state index contributed by atoms with van der Waals surface area (Å²) in [7, 11) is 0. The molecule has 2 amide bonds. The van der Waals surface area contributed by atoms with Crippen LogP contribution in [0.25, 0.3) is 0 Å². The minimum absolute atomic E-state index is 0.00868. The van der Waals surface area contributed by atoms with Crippen molar-refractivity contribution in [3.05, 3.63) is 65.2 Å². The second kappa shape index (κ2) is 8.38. The Hall–Kier alpha value is -2.62. The first-order chi connectivity index (χ1) is 13.0. The Labute approximate surface area is 161 Å². The van der Waals surface area contributed by atoms with Gasteiger partial charge in [-0.2, -0.15) is 0 Å². The van der Waals surface area contributed by atoms with Crippen molar-refractivity contribution < 1.29 is 9.59 Å². The molecule has 1 N–H and O–H groups in total. The van der Waals surface area contributed by atoms with E-state index < -0.39 is 0 Å². The topological polar surface area (TPSA) is 49.4 Å². The van der Waals surface area contributed by atoms with Gasteiger partial charge in [0.2, 0.25) is 0 Å². The van der Waals surface area contributed by atoms with E-state index in [1.807, 2.05) is 41.3 Å². The number of para-hydroxylation sites is 1. The molecule has 0 bridgehead atoms. The number of carbonyl (C=O) groups excluding carboxylic acids is 2. The van der Waals surface area contributed by atoms with Crippen LogP contribution in [0.4, 0.5) is 5.69 Å². The van der Waals surface area contributed by atoms with E-state index in [-0.39, 0.29) is 11.8 Å². The number of hydrogen-bond acceptors (Lipinski definition) is 2. The monoisotopic (exact) mass is 364 g/mol. The lowest BCUT2D eigenvalue weighted by molar-refractivity contribution is 0.0624. The number of likely N-dealkylation sites (tertiary alicyclic amines) is 1. The number of piperidine rings is 1. The zero-order chi connectivity index (χ0) is 19.4. The third-order valence-electron chi connectivity index (χ3n) is 5.19. The second-order valence-electron chi connectivity index (χ2n) is 7.71. The van der Waals surface area contributed by atoms with Crippen molar-refractivity contribution in [2.75, 3.05) is 18.4 Å². The van der Waals surface area contributed by atoms with Gasteiger partial charge in [-0.3, -0.25) is 9.59 Å². The molecule has 1 aliphatic rings. The van der Waals surface area contributed by atoms with Crippen molar-refractivity contribution in [1.82, 2.24) is 4.90 Å². The van der Waals surface area contributed by atoms with E-state index in [2.05, 4.69) is 26.1 Å². The van der Waals surface area contributed by atoms with Crippen LogP contribution >= 0.6 is 0 Å². The van der Waals surface area contributed by atoms with E-state index in [1.54, 1.807) is 12.1 Å². The Morgan fingerprint density at radius 2 is 1.63 bits per heavy atom. The van der Waals surface area contributed by atoms with Crippen molar-refractivity contribution in [2.45, 2.75) is 33.6 Å². The summed E-state index contributed by atoms with van der Waals surface area (Å²) in [5.41, 5.74) is 2.90. The van der Waals surface area contributed by atoms with Gasteiger partial charge in [0, 0.05) is 18.7 Å². The Balaban J connectivity index is 1.78. The van der Waals surface area contributed by atoms with Gasteiger partial charge in [0.1, 0.15) is 0 Å². The molecule has 0 radical (unpaired) electrons. The van der Waals surface area contributed by atoms with E-state index in [4.69, 9.17) is 0 Å². The first kappa shape index (κ1) is 19.2. The summed E-state index contributed by atoms with van der Waals surface area (Å²) in [5, 5.41) is 2.92. The van der Waals surface area contributed by atoms with Gasteiger partial charge >= 0.3 is 0 Å².